The van der Waals surface area contributed by atoms with Crippen LogP contribution in [0.15, 0.2) is 12.1 Å². The molecule has 0 aliphatic heterocycles. The normalized spacial score (nSPS) is 10.5. The zero-order valence-electron chi connectivity index (χ0n) is 7.91. The Morgan fingerprint density at radius 3 is 2.69 bits per heavy atom. The van der Waals surface area contributed by atoms with Gasteiger partial charge in [-0.1, -0.05) is 11.6 Å². The van der Waals surface area contributed by atoms with Crippen molar-refractivity contribution in [3.8, 4) is 5.75 Å². The van der Waals surface area contributed by atoms with Crippen molar-refractivity contribution in [3.63, 3.8) is 0 Å². The molecular formula is C9H8ClF2NO3. The fourth-order valence-corrected chi connectivity index (χ4v) is 1.35. The number of carbonyl (C=O) groups is 1. The number of ether oxygens (including phenoxy) is 1. The van der Waals surface area contributed by atoms with E-state index in [1.165, 1.54) is 6.07 Å². The lowest BCUT2D eigenvalue weighted by Gasteiger charge is -2.11. The molecular weight excluding hydrogens is 244 g/mol. The summed E-state index contributed by atoms with van der Waals surface area (Å²) in [6.07, 6.45) is -2.71. The fraction of sp³-hybridized carbons (Fsp3) is 0.222. The summed E-state index contributed by atoms with van der Waals surface area (Å²) in [4.78, 5) is 10.8. The van der Waals surface area contributed by atoms with Gasteiger partial charge in [0.15, 0.2) is 5.75 Å². The maximum absolute atomic E-state index is 11.9. The van der Waals surface area contributed by atoms with E-state index in [9.17, 15) is 13.6 Å². The van der Waals surface area contributed by atoms with Crippen LogP contribution in [0.5, 0.6) is 5.75 Å². The van der Waals surface area contributed by atoms with Crippen LogP contribution in [0, 0.1) is 0 Å². The molecule has 1 rings (SSSR count). The van der Waals surface area contributed by atoms with E-state index < -0.39 is 19.0 Å². The van der Waals surface area contributed by atoms with Gasteiger partial charge in [-0.15, -0.1) is 0 Å². The lowest BCUT2D eigenvalue weighted by molar-refractivity contribution is 0.0664. The van der Waals surface area contributed by atoms with E-state index >= 15 is 0 Å². The zero-order chi connectivity index (χ0) is 12.3. The molecule has 0 atom stereocenters. The van der Waals surface area contributed by atoms with Crippen molar-refractivity contribution in [2.24, 2.45) is 0 Å². The summed E-state index contributed by atoms with van der Waals surface area (Å²) in [5.41, 5.74) is 5.15. The third-order valence-corrected chi connectivity index (χ3v) is 1.93. The molecule has 0 aromatic heterocycles. The number of hydrogen-bond acceptors (Lipinski definition) is 3. The van der Waals surface area contributed by atoms with Crippen LogP contribution >= 0.6 is 11.6 Å². The number of alkyl halides is 2. The van der Waals surface area contributed by atoms with Crippen molar-refractivity contribution in [1.82, 2.24) is 0 Å². The third-order valence-electron chi connectivity index (χ3n) is 1.65. The molecule has 0 saturated carbocycles. The van der Waals surface area contributed by atoms with E-state index in [1.54, 1.807) is 0 Å². The molecule has 0 saturated heterocycles. The van der Waals surface area contributed by atoms with Gasteiger partial charge in [-0.3, -0.25) is 0 Å². The minimum Gasteiger partial charge on any atom is -0.485 e. The van der Waals surface area contributed by atoms with Crippen molar-refractivity contribution in [2.75, 3.05) is 12.3 Å². The molecule has 0 heterocycles. The molecule has 0 bridgehead atoms. The fourth-order valence-electron chi connectivity index (χ4n) is 1.07. The molecule has 0 radical (unpaired) electrons. The SMILES string of the molecule is Nc1cc(Cl)c(OCC(F)F)c(C(=O)O)c1. The minimum absolute atomic E-state index is 0.113. The molecule has 1 aromatic carbocycles. The Morgan fingerprint density at radius 2 is 2.19 bits per heavy atom. The summed E-state index contributed by atoms with van der Waals surface area (Å²) in [5, 5.41) is 8.69. The number of nitrogens with two attached hydrogens (primary N) is 1. The Labute approximate surface area is 94.6 Å². The number of rotatable bonds is 4. The van der Waals surface area contributed by atoms with Crippen molar-refractivity contribution in [1.29, 1.82) is 0 Å². The first-order valence-electron chi connectivity index (χ1n) is 4.15. The van der Waals surface area contributed by atoms with Gasteiger partial charge in [-0.2, -0.15) is 0 Å². The van der Waals surface area contributed by atoms with Gasteiger partial charge in [-0.05, 0) is 12.1 Å². The first-order valence-corrected chi connectivity index (χ1v) is 4.53. The number of benzene rings is 1. The lowest BCUT2D eigenvalue weighted by Crippen LogP contribution is -2.11. The van der Waals surface area contributed by atoms with Gasteiger partial charge in [-0.25, -0.2) is 13.6 Å². The van der Waals surface area contributed by atoms with E-state index in [1.807, 2.05) is 0 Å². The Balaban J connectivity index is 3.09. The average Bonchev–Trinajstić information content (AvgIpc) is 2.14. The predicted octanol–water partition coefficient (Wildman–Crippen LogP) is 2.26. The maximum Gasteiger partial charge on any atom is 0.339 e. The summed E-state index contributed by atoms with van der Waals surface area (Å²) >= 11 is 5.65. The van der Waals surface area contributed by atoms with Crippen LogP contribution in [0.3, 0.4) is 0 Å². The van der Waals surface area contributed by atoms with E-state index in [2.05, 4.69) is 4.74 Å². The molecule has 0 aliphatic rings. The van der Waals surface area contributed by atoms with Crippen LogP contribution in [-0.2, 0) is 0 Å². The van der Waals surface area contributed by atoms with Gasteiger partial charge < -0.3 is 15.6 Å². The minimum atomic E-state index is -2.71. The van der Waals surface area contributed by atoms with Gasteiger partial charge in [0, 0.05) is 5.69 Å². The number of hydrogen-bond donors (Lipinski definition) is 2. The maximum atomic E-state index is 11.9. The van der Waals surface area contributed by atoms with Crippen LogP contribution in [0.1, 0.15) is 10.4 Å². The molecule has 1 aromatic rings. The molecule has 0 aliphatic carbocycles. The molecule has 16 heavy (non-hydrogen) atoms. The topological polar surface area (TPSA) is 72.5 Å². The standard InChI is InChI=1S/C9H8ClF2NO3/c10-6-2-4(13)1-5(9(14)15)8(6)16-3-7(11)12/h1-2,7H,3,13H2,(H,14,15). The molecule has 0 amide bonds. The summed E-state index contributed by atoms with van der Waals surface area (Å²) in [6.45, 7) is -0.927. The van der Waals surface area contributed by atoms with Crippen molar-refractivity contribution >= 4 is 23.3 Å². The quantitative estimate of drug-likeness (QED) is 0.805. The van der Waals surface area contributed by atoms with E-state index in [0.29, 0.717) is 0 Å². The summed E-state index contributed by atoms with van der Waals surface area (Å²) in [6, 6.07) is 2.32. The highest BCUT2D eigenvalue weighted by atomic mass is 35.5. The zero-order valence-corrected chi connectivity index (χ0v) is 8.67. The highest BCUT2D eigenvalue weighted by Crippen LogP contribution is 2.31. The molecule has 0 spiro atoms. The Morgan fingerprint density at radius 1 is 1.56 bits per heavy atom. The molecule has 0 fully saturated rings. The van der Waals surface area contributed by atoms with Crippen LogP contribution in [0.25, 0.3) is 0 Å². The van der Waals surface area contributed by atoms with E-state index in [0.717, 1.165) is 6.07 Å². The first kappa shape index (κ1) is 12.5. The molecule has 0 unspecified atom stereocenters. The Kier molecular flexibility index (Phi) is 3.89. The summed E-state index contributed by atoms with van der Waals surface area (Å²) in [5.74, 6) is -1.65. The highest BCUT2D eigenvalue weighted by molar-refractivity contribution is 6.33. The van der Waals surface area contributed by atoms with Crippen molar-refractivity contribution in [2.45, 2.75) is 6.43 Å². The molecule has 3 N–H and O–H groups in total. The summed E-state index contributed by atoms with van der Waals surface area (Å²) < 4.78 is 28.5. The van der Waals surface area contributed by atoms with E-state index in [-0.39, 0.29) is 22.0 Å². The van der Waals surface area contributed by atoms with Gasteiger partial charge in [0.05, 0.1) is 5.02 Å². The van der Waals surface area contributed by atoms with Crippen LogP contribution in [0.2, 0.25) is 5.02 Å². The number of carboxylic acids is 1. The lowest BCUT2D eigenvalue weighted by atomic mass is 10.2. The van der Waals surface area contributed by atoms with Gasteiger partial charge >= 0.3 is 5.97 Å². The monoisotopic (exact) mass is 251 g/mol. The van der Waals surface area contributed by atoms with Crippen LogP contribution < -0.4 is 10.5 Å². The number of anilines is 1. The first-order chi connectivity index (χ1) is 7.41. The number of nitrogen functional groups attached to an aromatic ring is 1. The summed E-state index contributed by atoms with van der Waals surface area (Å²) in [7, 11) is 0. The van der Waals surface area contributed by atoms with Crippen molar-refractivity contribution < 1.29 is 23.4 Å². The second-order valence-electron chi connectivity index (χ2n) is 2.89. The van der Waals surface area contributed by atoms with Crippen LogP contribution in [-0.4, -0.2) is 24.1 Å². The van der Waals surface area contributed by atoms with Gasteiger partial charge in [0.25, 0.3) is 6.43 Å². The smallest absolute Gasteiger partial charge is 0.339 e. The molecule has 4 nitrogen and oxygen atoms in total. The van der Waals surface area contributed by atoms with Gasteiger partial charge in [0.1, 0.15) is 12.2 Å². The second kappa shape index (κ2) is 4.98. The Hall–Kier alpha value is -1.56. The average molecular weight is 252 g/mol. The largest absolute Gasteiger partial charge is 0.485 e. The Bertz CT molecular complexity index is 412. The third kappa shape index (κ3) is 2.96. The second-order valence-corrected chi connectivity index (χ2v) is 3.29. The predicted molar refractivity (Wildman–Crippen MR) is 54.3 cm³/mol. The van der Waals surface area contributed by atoms with Crippen molar-refractivity contribution in [3.05, 3.63) is 22.7 Å². The number of halogens is 3. The highest BCUT2D eigenvalue weighted by Gasteiger charge is 2.17. The molecule has 7 heteroatoms. The number of aromatic carboxylic acids is 1. The molecule has 88 valence electrons. The van der Waals surface area contributed by atoms with Gasteiger partial charge in [0.2, 0.25) is 0 Å². The van der Waals surface area contributed by atoms with E-state index in [4.69, 9.17) is 22.4 Å². The van der Waals surface area contributed by atoms with Crippen LogP contribution in [0.4, 0.5) is 14.5 Å². The number of carboxylic acid groups (broad SMARTS) is 1.